The molecule has 0 amide bonds. The van der Waals surface area contributed by atoms with E-state index in [0.717, 1.165) is 25.7 Å². The van der Waals surface area contributed by atoms with Gasteiger partial charge in [-0.05, 0) is 12.8 Å². The van der Waals surface area contributed by atoms with Gasteiger partial charge in [-0.25, -0.2) is 9.78 Å². The van der Waals surface area contributed by atoms with Crippen LogP contribution in [0.25, 0.3) is 0 Å². The van der Waals surface area contributed by atoms with Crippen molar-refractivity contribution in [2.24, 2.45) is 5.41 Å². The quantitative estimate of drug-likeness (QED) is 0.818. The number of carbonyl (C=O) groups excluding carboxylic acids is 1. The van der Waals surface area contributed by atoms with E-state index in [9.17, 15) is 9.90 Å². The van der Waals surface area contributed by atoms with Gasteiger partial charge in [-0.3, -0.25) is 0 Å². The summed E-state index contributed by atoms with van der Waals surface area (Å²) in [4.78, 5) is 15.8. The van der Waals surface area contributed by atoms with E-state index in [0.29, 0.717) is 16.6 Å². The Labute approximate surface area is 120 Å². The Balaban J connectivity index is 2.02. The first-order valence-electron chi connectivity index (χ1n) is 6.19. The van der Waals surface area contributed by atoms with Crippen molar-refractivity contribution in [2.45, 2.75) is 25.7 Å². The van der Waals surface area contributed by atoms with Gasteiger partial charge < -0.3 is 15.2 Å². The summed E-state index contributed by atoms with van der Waals surface area (Å²) in [6.45, 7) is 0.816. The van der Waals surface area contributed by atoms with Crippen LogP contribution in [0.15, 0.2) is 0 Å². The second-order valence-corrected chi connectivity index (χ2v) is 6.21. The summed E-state index contributed by atoms with van der Waals surface area (Å²) < 4.78 is 4.63. The van der Waals surface area contributed by atoms with Crippen LogP contribution in [0, 0.1) is 5.41 Å². The number of nitrogens with one attached hydrogen (secondary N) is 1. The van der Waals surface area contributed by atoms with Crippen LogP contribution in [0.3, 0.4) is 0 Å². The number of aliphatic hydroxyl groups excluding tert-OH is 1. The second kappa shape index (κ2) is 6.07. The van der Waals surface area contributed by atoms with Crippen molar-refractivity contribution in [1.82, 2.24) is 4.98 Å². The van der Waals surface area contributed by atoms with Crippen molar-refractivity contribution in [3.05, 3.63) is 10.0 Å². The lowest BCUT2D eigenvalue weighted by atomic mass is 9.87. The van der Waals surface area contributed by atoms with Gasteiger partial charge in [0.1, 0.15) is 0 Å². The van der Waals surface area contributed by atoms with Crippen LogP contribution < -0.4 is 5.32 Å². The highest BCUT2D eigenvalue weighted by atomic mass is 35.5. The molecule has 0 atom stereocenters. The fourth-order valence-corrected chi connectivity index (χ4v) is 3.47. The smallest absolute Gasteiger partial charge is 0.351 e. The third-order valence-corrected chi connectivity index (χ3v) is 4.95. The largest absolute Gasteiger partial charge is 0.465 e. The van der Waals surface area contributed by atoms with E-state index in [2.05, 4.69) is 15.0 Å². The number of carbonyl (C=O) groups is 1. The first kappa shape index (κ1) is 14.6. The van der Waals surface area contributed by atoms with E-state index in [4.69, 9.17) is 11.6 Å². The standard InChI is InChI=1S/C12H17ClN2O3S/c1-18-10(17)8-9(13)15-11(19-8)14-6-12(7-16)4-2-3-5-12/h16H,2-7H2,1H3,(H,14,15). The molecule has 0 spiro atoms. The summed E-state index contributed by atoms with van der Waals surface area (Å²) in [6, 6.07) is 0. The van der Waals surface area contributed by atoms with E-state index in [-0.39, 0.29) is 17.2 Å². The molecule has 1 aromatic rings. The van der Waals surface area contributed by atoms with Gasteiger partial charge in [0, 0.05) is 12.0 Å². The summed E-state index contributed by atoms with van der Waals surface area (Å²) >= 11 is 7.07. The molecule has 0 aromatic carbocycles. The monoisotopic (exact) mass is 304 g/mol. The maximum Gasteiger partial charge on any atom is 0.351 e. The van der Waals surface area contributed by atoms with Crippen LogP contribution in [-0.4, -0.2) is 36.3 Å². The average molecular weight is 305 g/mol. The van der Waals surface area contributed by atoms with Gasteiger partial charge in [-0.15, -0.1) is 0 Å². The molecule has 0 saturated heterocycles. The van der Waals surface area contributed by atoms with Crippen LogP contribution in [0.4, 0.5) is 5.13 Å². The van der Waals surface area contributed by atoms with Gasteiger partial charge in [0.05, 0.1) is 13.7 Å². The van der Waals surface area contributed by atoms with Crippen molar-refractivity contribution in [3.8, 4) is 0 Å². The average Bonchev–Trinajstić information content (AvgIpc) is 3.03. The molecule has 0 radical (unpaired) electrons. The summed E-state index contributed by atoms with van der Waals surface area (Å²) in [5.41, 5.74) is -0.0659. The maximum atomic E-state index is 11.4. The van der Waals surface area contributed by atoms with Crippen LogP contribution in [0.1, 0.15) is 35.4 Å². The lowest BCUT2D eigenvalue weighted by Gasteiger charge is -2.26. The predicted molar refractivity (Wildman–Crippen MR) is 74.9 cm³/mol. The summed E-state index contributed by atoms with van der Waals surface area (Å²) in [5, 5.41) is 13.4. The zero-order valence-corrected chi connectivity index (χ0v) is 12.3. The maximum absolute atomic E-state index is 11.4. The van der Waals surface area contributed by atoms with Gasteiger partial charge in [0.2, 0.25) is 0 Å². The lowest BCUT2D eigenvalue weighted by Crippen LogP contribution is -2.30. The minimum Gasteiger partial charge on any atom is -0.465 e. The molecule has 19 heavy (non-hydrogen) atoms. The molecule has 1 fully saturated rings. The molecule has 7 heteroatoms. The Morgan fingerprint density at radius 2 is 2.26 bits per heavy atom. The first-order valence-corrected chi connectivity index (χ1v) is 7.39. The van der Waals surface area contributed by atoms with E-state index < -0.39 is 5.97 Å². The highest BCUT2D eigenvalue weighted by Crippen LogP contribution is 2.38. The Morgan fingerprint density at radius 1 is 1.58 bits per heavy atom. The zero-order chi connectivity index (χ0) is 13.9. The molecule has 1 aromatic heterocycles. The number of aromatic nitrogens is 1. The van der Waals surface area contributed by atoms with E-state index >= 15 is 0 Å². The molecule has 1 saturated carbocycles. The Morgan fingerprint density at radius 3 is 2.84 bits per heavy atom. The summed E-state index contributed by atoms with van der Waals surface area (Å²) in [6.07, 6.45) is 4.32. The summed E-state index contributed by atoms with van der Waals surface area (Å²) in [7, 11) is 1.31. The molecule has 1 aliphatic carbocycles. The van der Waals surface area contributed by atoms with E-state index in [1.165, 1.54) is 18.4 Å². The molecule has 106 valence electrons. The van der Waals surface area contributed by atoms with Crippen LogP contribution in [0.2, 0.25) is 5.15 Å². The van der Waals surface area contributed by atoms with Crippen molar-refractivity contribution in [3.63, 3.8) is 0 Å². The Kier molecular flexibility index (Phi) is 4.65. The van der Waals surface area contributed by atoms with Crippen molar-refractivity contribution >= 4 is 34.0 Å². The molecule has 2 rings (SSSR count). The lowest BCUT2D eigenvalue weighted by molar-refractivity contribution is 0.0606. The molecule has 1 heterocycles. The van der Waals surface area contributed by atoms with Crippen molar-refractivity contribution in [1.29, 1.82) is 0 Å². The number of aliphatic hydroxyl groups is 1. The SMILES string of the molecule is COC(=O)c1sc(NCC2(CO)CCCC2)nc1Cl. The minimum absolute atomic E-state index is 0.0659. The number of methoxy groups -OCH3 is 1. The number of nitrogens with zero attached hydrogens (tertiary/aromatic N) is 1. The molecular formula is C12H17ClN2O3S. The van der Waals surface area contributed by atoms with E-state index in [1.807, 2.05) is 0 Å². The topological polar surface area (TPSA) is 71.5 Å². The number of anilines is 1. The highest BCUT2D eigenvalue weighted by Gasteiger charge is 2.33. The Hall–Kier alpha value is -0.850. The zero-order valence-electron chi connectivity index (χ0n) is 10.7. The number of hydrogen-bond donors (Lipinski definition) is 2. The second-order valence-electron chi connectivity index (χ2n) is 4.85. The molecule has 1 aliphatic rings. The number of ether oxygens (including phenoxy) is 1. The summed E-state index contributed by atoms with van der Waals surface area (Å²) in [5.74, 6) is -0.478. The molecule has 0 aliphatic heterocycles. The molecule has 0 bridgehead atoms. The van der Waals surface area contributed by atoms with Crippen LogP contribution >= 0.6 is 22.9 Å². The third kappa shape index (κ3) is 3.19. The van der Waals surface area contributed by atoms with Crippen LogP contribution in [-0.2, 0) is 4.74 Å². The number of thiazole rings is 1. The molecular weight excluding hydrogens is 288 g/mol. The number of rotatable bonds is 5. The number of halogens is 1. The molecule has 0 unspecified atom stereocenters. The van der Waals surface area contributed by atoms with Crippen molar-refractivity contribution in [2.75, 3.05) is 25.6 Å². The fraction of sp³-hybridized carbons (Fsp3) is 0.667. The number of esters is 1. The number of hydrogen-bond acceptors (Lipinski definition) is 6. The van der Waals surface area contributed by atoms with Crippen LogP contribution in [0.5, 0.6) is 0 Å². The van der Waals surface area contributed by atoms with Gasteiger partial charge in [0.25, 0.3) is 0 Å². The van der Waals surface area contributed by atoms with Gasteiger partial charge in [0.15, 0.2) is 15.2 Å². The van der Waals surface area contributed by atoms with Gasteiger partial charge >= 0.3 is 5.97 Å². The minimum atomic E-state index is -0.478. The predicted octanol–water partition coefficient (Wildman–Crippen LogP) is 2.55. The van der Waals surface area contributed by atoms with Gasteiger partial charge in [-0.2, -0.15) is 0 Å². The third-order valence-electron chi connectivity index (χ3n) is 3.57. The van der Waals surface area contributed by atoms with Crippen molar-refractivity contribution < 1.29 is 14.6 Å². The normalized spacial score (nSPS) is 17.4. The fourth-order valence-electron chi connectivity index (χ4n) is 2.37. The molecule has 2 N–H and O–H groups in total. The molecule has 5 nitrogen and oxygen atoms in total. The first-order chi connectivity index (χ1) is 9.10. The highest BCUT2D eigenvalue weighted by molar-refractivity contribution is 7.18. The van der Waals surface area contributed by atoms with E-state index in [1.54, 1.807) is 0 Å². The van der Waals surface area contributed by atoms with Gasteiger partial charge in [-0.1, -0.05) is 35.8 Å². The Bertz CT molecular complexity index is 458.